The lowest BCUT2D eigenvalue weighted by Gasteiger charge is -2.26. The zero-order chi connectivity index (χ0) is 25.7. The van der Waals surface area contributed by atoms with Gasteiger partial charge in [-0.15, -0.1) is 0 Å². The van der Waals surface area contributed by atoms with Crippen LogP contribution in [0.25, 0.3) is 33.4 Å². The number of benzene rings is 6. The molecular formula is C36H26ClN. The monoisotopic (exact) mass is 507 g/mol. The van der Waals surface area contributed by atoms with Crippen LogP contribution in [0.3, 0.4) is 0 Å². The second-order valence-corrected chi connectivity index (χ2v) is 9.65. The maximum atomic E-state index is 6.22. The predicted octanol–water partition coefficient (Wildman–Crippen LogP) is 10.8. The largest absolute Gasteiger partial charge is 0.311 e. The highest BCUT2D eigenvalue weighted by Gasteiger charge is 2.13. The Hall–Kier alpha value is -4.59. The van der Waals surface area contributed by atoms with E-state index < -0.39 is 0 Å². The molecule has 0 aromatic heterocycles. The average molecular weight is 508 g/mol. The maximum absolute atomic E-state index is 6.22. The second kappa shape index (κ2) is 10.8. The fourth-order valence-corrected chi connectivity index (χ4v) is 4.91. The third-order valence-electron chi connectivity index (χ3n) is 6.75. The van der Waals surface area contributed by atoms with Crippen LogP contribution in [-0.4, -0.2) is 0 Å². The van der Waals surface area contributed by atoms with Crippen molar-refractivity contribution in [2.24, 2.45) is 0 Å². The van der Waals surface area contributed by atoms with Gasteiger partial charge >= 0.3 is 0 Å². The number of hydrogen-bond donors (Lipinski definition) is 0. The Morgan fingerprint density at radius 3 is 1.13 bits per heavy atom. The minimum absolute atomic E-state index is 0.724. The van der Waals surface area contributed by atoms with Crippen molar-refractivity contribution in [3.05, 3.63) is 163 Å². The minimum atomic E-state index is 0.724. The molecule has 182 valence electrons. The molecule has 0 aliphatic carbocycles. The van der Waals surface area contributed by atoms with E-state index in [-0.39, 0.29) is 0 Å². The van der Waals surface area contributed by atoms with Crippen molar-refractivity contribution < 1.29 is 0 Å². The highest BCUT2D eigenvalue weighted by molar-refractivity contribution is 6.30. The molecule has 0 spiro atoms. The van der Waals surface area contributed by atoms with Crippen LogP contribution >= 0.6 is 11.6 Å². The molecule has 38 heavy (non-hydrogen) atoms. The van der Waals surface area contributed by atoms with Gasteiger partial charge in [-0.1, -0.05) is 115 Å². The van der Waals surface area contributed by atoms with Gasteiger partial charge in [0, 0.05) is 22.1 Å². The van der Waals surface area contributed by atoms with Gasteiger partial charge in [-0.3, -0.25) is 0 Å². The van der Waals surface area contributed by atoms with E-state index in [0.717, 1.165) is 22.1 Å². The van der Waals surface area contributed by atoms with Crippen LogP contribution in [0.4, 0.5) is 17.1 Å². The van der Waals surface area contributed by atoms with Gasteiger partial charge in [-0.2, -0.15) is 0 Å². The van der Waals surface area contributed by atoms with Gasteiger partial charge in [0.05, 0.1) is 0 Å². The number of halogens is 1. The lowest BCUT2D eigenvalue weighted by Crippen LogP contribution is -2.09. The summed E-state index contributed by atoms with van der Waals surface area (Å²) in [6.07, 6.45) is 0. The van der Waals surface area contributed by atoms with Crippen molar-refractivity contribution in [1.29, 1.82) is 0 Å². The maximum Gasteiger partial charge on any atom is 0.0462 e. The first-order valence-corrected chi connectivity index (χ1v) is 13.1. The summed E-state index contributed by atoms with van der Waals surface area (Å²) in [6.45, 7) is 0. The van der Waals surface area contributed by atoms with Crippen molar-refractivity contribution >= 4 is 28.7 Å². The van der Waals surface area contributed by atoms with Crippen LogP contribution in [0.2, 0.25) is 5.02 Å². The van der Waals surface area contributed by atoms with Crippen molar-refractivity contribution in [3.63, 3.8) is 0 Å². The Balaban J connectivity index is 1.35. The third kappa shape index (κ3) is 5.11. The molecule has 0 N–H and O–H groups in total. The fourth-order valence-electron chi connectivity index (χ4n) is 4.78. The Morgan fingerprint density at radius 2 is 0.658 bits per heavy atom. The third-order valence-corrected chi connectivity index (χ3v) is 7.00. The Labute approximate surface area is 229 Å². The van der Waals surface area contributed by atoms with Crippen molar-refractivity contribution in [2.75, 3.05) is 4.90 Å². The summed E-state index contributed by atoms with van der Waals surface area (Å²) < 4.78 is 0. The summed E-state index contributed by atoms with van der Waals surface area (Å²) in [6, 6.07) is 55.1. The number of hydrogen-bond acceptors (Lipinski definition) is 1. The normalized spacial score (nSPS) is 10.8. The molecule has 0 atom stereocenters. The summed E-state index contributed by atoms with van der Waals surface area (Å²) in [5.41, 5.74) is 10.4. The Bertz CT molecular complexity index is 1620. The SMILES string of the molecule is Clc1ccc(N(c2ccc(-c3ccccc3)cc2)c2ccc(-c3cccc(-c4ccccc4)c3)cc2)cc1. The smallest absolute Gasteiger partial charge is 0.0462 e. The molecule has 2 heteroatoms. The van der Waals surface area contributed by atoms with Crippen LogP contribution in [0.15, 0.2) is 158 Å². The molecule has 0 saturated heterocycles. The van der Waals surface area contributed by atoms with Crippen molar-refractivity contribution in [3.8, 4) is 33.4 Å². The van der Waals surface area contributed by atoms with Crippen LogP contribution in [-0.2, 0) is 0 Å². The molecule has 0 saturated carbocycles. The van der Waals surface area contributed by atoms with Gasteiger partial charge in [-0.25, -0.2) is 0 Å². The molecule has 6 aromatic rings. The predicted molar refractivity (Wildman–Crippen MR) is 162 cm³/mol. The van der Waals surface area contributed by atoms with Gasteiger partial charge in [0.1, 0.15) is 0 Å². The van der Waals surface area contributed by atoms with E-state index in [1.54, 1.807) is 0 Å². The van der Waals surface area contributed by atoms with Crippen molar-refractivity contribution in [2.45, 2.75) is 0 Å². The molecule has 0 unspecified atom stereocenters. The second-order valence-electron chi connectivity index (χ2n) is 9.22. The summed E-state index contributed by atoms with van der Waals surface area (Å²) in [7, 11) is 0. The van der Waals surface area contributed by atoms with Crippen LogP contribution in [0.1, 0.15) is 0 Å². The number of nitrogens with zero attached hydrogens (tertiary/aromatic N) is 1. The highest BCUT2D eigenvalue weighted by atomic mass is 35.5. The van der Waals surface area contributed by atoms with E-state index in [2.05, 4.69) is 138 Å². The average Bonchev–Trinajstić information content (AvgIpc) is 3.00. The molecule has 6 rings (SSSR count). The lowest BCUT2D eigenvalue weighted by atomic mass is 9.99. The summed E-state index contributed by atoms with van der Waals surface area (Å²) in [4.78, 5) is 2.26. The molecule has 6 aromatic carbocycles. The zero-order valence-electron chi connectivity index (χ0n) is 20.8. The van der Waals surface area contributed by atoms with E-state index in [1.165, 1.54) is 33.4 Å². The molecule has 0 aliphatic rings. The quantitative estimate of drug-likeness (QED) is 0.216. The molecular weight excluding hydrogens is 482 g/mol. The molecule has 0 amide bonds. The summed E-state index contributed by atoms with van der Waals surface area (Å²) in [5.74, 6) is 0. The summed E-state index contributed by atoms with van der Waals surface area (Å²) >= 11 is 6.22. The molecule has 1 nitrogen and oxygen atoms in total. The zero-order valence-corrected chi connectivity index (χ0v) is 21.6. The Morgan fingerprint density at radius 1 is 0.316 bits per heavy atom. The van der Waals surface area contributed by atoms with E-state index in [1.807, 2.05) is 24.3 Å². The highest BCUT2D eigenvalue weighted by Crippen LogP contribution is 2.37. The Kier molecular flexibility index (Phi) is 6.76. The molecule has 0 fully saturated rings. The standard InChI is InChI=1S/C36H26ClN/c37-33-18-24-36(25-19-33)38(34-20-14-29(15-21-34)27-8-3-1-4-9-27)35-22-16-30(17-23-35)32-13-7-12-31(26-32)28-10-5-2-6-11-28/h1-26H. The molecule has 0 bridgehead atoms. The number of rotatable bonds is 6. The van der Waals surface area contributed by atoms with Crippen LogP contribution in [0, 0.1) is 0 Å². The van der Waals surface area contributed by atoms with E-state index in [9.17, 15) is 0 Å². The van der Waals surface area contributed by atoms with Crippen LogP contribution < -0.4 is 4.90 Å². The van der Waals surface area contributed by atoms with Gasteiger partial charge in [0.25, 0.3) is 0 Å². The van der Waals surface area contributed by atoms with Gasteiger partial charge in [-0.05, 0) is 88.0 Å². The van der Waals surface area contributed by atoms with Gasteiger partial charge in [0.2, 0.25) is 0 Å². The van der Waals surface area contributed by atoms with Crippen LogP contribution in [0.5, 0.6) is 0 Å². The van der Waals surface area contributed by atoms with E-state index in [4.69, 9.17) is 11.6 Å². The first kappa shape index (κ1) is 23.8. The first-order valence-electron chi connectivity index (χ1n) is 12.7. The molecule has 0 radical (unpaired) electrons. The lowest BCUT2D eigenvalue weighted by molar-refractivity contribution is 1.28. The number of anilines is 3. The molecule has 0 aliphatic heterocycles. The molecule has 0 heterocycles. The first-order chi connectivity index (χ1) is 18.7. The van der Waals surface area contributed by atoms with E-state index in [0.29, 0.717) is 0 Å². The van der Waals surface area contributed by atoms with E-state index >= 15 is 0 Å². The topological polar surface area (TPSA) is 3.24 Å². The minimum Gasteiger partial charge on any atom is -0.311 e. The van der Waals surface area contributed by atoms with Crippen molar-refractivity contribution in [1.82, 2.24) is 0 Å². The fraction of sp³-hybridized carbons (Fsp3) is 0. The van der Waals surface area contributed by atoms with Gasteiger partial charge < -0.3 is 4.90 Å². The van der Waals surface area contributed by atoms with Gasteiger partial charge in [0.15, 0.2) is 0 Å². The summed E-state index contributed by atoms with van der Waals surface area (Å²) in [5, 5.41) is 0.724.